The number of hydrogen-bond donors (Lipinski definition) is 1. The minimum atomic E-state index is 0.695. The highest BCUT2D eigenvalue weighted by Crippen LogP contribution is 2.34. The van der Waals surface area contributed by atoms with Crippen LogP contribution >= 0.6 is 0 Å². The molecule has 0 aromatic carbocycles. The van der Waals surface area contributed by atoms with E-state index < -0.39 is 0 Å². The molecule has 1 aliphatic carbocycles. The molecule has 1 saturated carbocycles. The Morgan fingerprint density at radius 1 is 1.07 bits per heavy atom. The summed E-state index contributed by atoms with van der Waals surface area (Å²) in [6.07, 6.45) is 9.93. The third kappa shape index (κ3) is 2.96. The summed E-state index contributed by atoms with van der Waals surface area (Å²) in [6.45, 7) is 3.47. The van der Waals surface area contributed by atoms with Gasteiger partial charge in [0.2, 0.25) is 0 Å². The van der Waals surface area contributed by atoms with Gasteiger partial charge in [-0.3, -0.25) is 4.90 Å². The maximum absolute atomic E-state index is 5.89. The predicted octanol–water partition coefficient (Wildman–Crippen LogP) is 1.99. The van der Waals surface area contributed by atoms with Crippen LogP contribution in [0.1, 0.15) is 44.9 Å². The Morgan fingerprint density at radius 2 is 1.71 bits per heavy atom. The Labute approximate surface area is 87.8 Å². The first-order valence-corrected chi connectivity index (χ1v) is 6.34. The molecule has 0 bridgehead atoms. The van der Waals surface area contributed by atoms with E-state index in [9.17, 15) is 0 Å². The molecule has 1 heterocycles. The first-order chi connectivity index (χ1) is 6.90. The molecule has 2 aliphatic rings. The van der Waals surface area contributed by atoms with Gasteiger partial charge in [-0.15, -0.1) is 0 Å². The molecule has 14 heavy (non-hydrogen) atoms. The highest BCUT2D eigenvalue weighted by Gasteiger charge is 2.28. The summed E-state index contributed by atoms with van der Waals surface area (Å²) in [6, 6.07) is 0.695. The van der Waals surface area contributed by atoms with E-state index >= 15 is 0 Å². The fourth-order valence-corrected chi connectivity index (χ4v) is 2.59. The molecule has 82 valence electrons. The van der Waals surface area contributed by atoms with Crippen LogP contribution in [-0.4, -0.2) is 30.6 Å². The average molecular weight is 196 g/mol. The van der Waals surface area contributed by atoms with Gasteiger partial charge in [0.15, 0.2) is 0 Å². The summed E-state index contributed by atoms with van der Waals surface area (Å²) in [5.74, 6) is 1.02. The van der Waals surface area contributed by atoms with Crippen molar-refractivity contribution in [2.75, 3.05) is 19.6 Å². The maximum atomic E-state index is 5.89. The second-order valence-corrected chi connectivity index (χ2v) is 5.02. The molecule has 0 aromatic rings. The minimum Gasteiger partial charge on any atom is -0.329 e. The monoisotopic (exact) mass is 196 g/mol. The average Bonchev–Trinajstić information content (AvgIpc) is 3.01. The van der Waals surface area contributed by atoms with Gasteiger partial charge in [0.1, 0.15) is 0 Å². The Morgan fingerprint density at radius 3 is 2.21 bits per heavy atom. The van der Waals surface area contributed by atoms with Crippen molar-refractivity contribution in [3.05, 3.63) is 0 Å². The quantitative estimate of drug-likeness (QED) is 0.745. The van der Waals surface area contributed by atoms with E-state index in [2.05, 4.69) is 4.90 Å². The van der Waals surface area contributed by atoms with Gasteiger partial charge in [-0.25, -0.2) is 0 Å². The van der Waals surface area contributed by atoms with E-state index in [1.165, 1.54) is 58.0 Å². The van der Waals surface area contributed by atoms with Crippen LogP contribution in [0.3, 0.4) is 0 Å². The van der Waals surface area contributed by atoms with Gasteiger partial charge in [-0.05, 0) is 38.3 Å². The number of hydrogen-bond acceptors (Lipinski definition) is 2. The zero-order valence-electron chi connectivity index (χ0n) is 9.25. The maximum Gasteiger partial charge on any atom is 0.0221 e. The lowest BCUT2D eigenvalue weighted by molar-refractivity contribution is 0.192. The van der Waals surface area contributed by atoms with Crippen molar-refractivity contribution in [2.24, 2.45) is 11.7 Å². The standard InChI is InChI=1S/C12H24N2/c13-10-12(9-11-5-6-11)14-7-3-1-2-4-8-14/h11-12H,1-10,13H2. The second-order valence-electron chi connectivity index (χ2n) is 5.02. The summed E-state index contributed by atoms with van der Waals surface area (Å²) in [7, 11) is 0. The molecule has 1 aliphatic heterocycles. The zero-order valence-corrected chi connectivity index (χ0v) is 9.25. The van der Waals surface area contributed by atoms with Crippen LogP contribution in [0.4, 0.5) is 0 Å². The van der Waals surface area contributed by atoms with Crippen molar-refractivity contribution in [3.63, 3.8) is 0 Å². The van der Waals surface area contributed by atoms with Gasteiger partial charge < -0.3 is 5.73 Å². The molecule has 2 fully saturated rings. The molecule has 0 spiro atoms. The highest BCUT2D eigenvalue weighted by molar-refractivity contribution is 4.83. The lowest BCUT2D eigenvalue weighted by atomic mass is 10.1. The minimum absolute atomic E-state index is 0.695. The largest absolute Gasteiger partial charge is 0.329 e. The third-order valence-electron chi connectivity index (χ3n) is 3.73. The molecule has 1 atom stereocenters. The van der Waals surface area contributed by atoms with Crippen molar-refractivity contribution in [1.29, 1.82) is 0 Å². The van der Waals surface area contributed by atoms with Crippen molar-refractivity contribution < 1.29 is 0 Å². The van der Waals surface area contributed by atoms with Gasteiger partial charge in [0.05, 0.1) is 0 Å². The normalized spacial score (nSPS) is 27.2. The molecular weight excluding hydrogens is 172 g/mol. The predicted molar refractivity (Wildman–Crippen MR) is 60.2 cm³/mol. The molecule has 2 nitrogen and oxygen atoms in total. The van der Waals surface area contributed by atoms with Gasteiger partial charge in [0, 0.05) is 12.6 Å². The Balaban J connectivity index is 1.80. The molecule has 2 rings (SSSR count). The molecule has 0 radical (unpaired) electrons. The summed E-state index contributed by atoms with van der Waals surface area (Å²) >= 11 is 0. The van der Waals surface area contributed by atoms with E-state index in [-0.39, 0.29) is 0 Å². The van der Waals surface area contributed by atoms with Crippen molar-refractivity contribution in [3.8, 4) is 0 Å². The van der Waals surface area contributed by atoms with Gasteiger partial charge in [-0.1, -0.05) is 25.7 Å². The van der Waals surface area contributed by atoms with Crippen molar-refractivity contribution >= 4 is 0 Å². The number of nitrogens with two attached hydrogens (primary N) is 1. The molecule has 0 aromatic heterocycles. The Bertz CT molecular complexity index is 158. The van der Waals surface area contributed by atoms with Crippen LogP contribution in [0.5, 0.6) is 0 Å². The number of likely N-dealkylation sites (tertiary alicyclic amines) is 1. The molecular formula is C12H24N2. The van der Waals surface area contributed by atoms with E-state index in [1.807, 2.05) is 0 Å². The fraction of sp³-hybridized carbons (Fsp3) is 1.00. The van der Waals surface area contributed by atoms with E-state index in [4.69, 9.17) is 5.73 Å². The number of nitrogens with zero attached hydrogens (tertiary/aromatic N) is 1. The lowest BCUT2D eigenvalue weighted by Gasteiger charge is -2.29. The topological polar surface area (TPSA) is 29.3 Å². The van der Waals surface area contributed by atoms with Crippen LogP contribution in [-0.2, 0) is 0 Å². The Kier molecular flexibility index (Phi) is 3.82. The first kappa shape index (κ1) is 10.4. The summed E-state index contributed by atoms with van der Waals surface area (Å²) in [5.41, 5.74) is 5.89. The van der Waals surface area contributed by atoms with Crippen LogP contribution in [0.15, 0.2) is 0 Å². The Hall–Kier alpha value is -0.0800. The molecule has 2 heteroatoms. The lowest BCUT2D eigenvalue weighted by Crippen LogP contribution is -2.41. The summed E-state index contributed by atoms with van der Waals surface area (Å²) in [4.78, 5) is 2.66. The summed E-state index contributed by atoms with van der Waals surface area (Å²) < 4.78 is 0. The van der Waals surface area contributed by atoms with Crippen LogP contribution in [0, 0.1) is 5.92 Å². The van der Waals surface area contributed by atoms with E-state index in [0.29, 0.717) is 6.04 Å². The second kappa shape index (κ2) is 5.13. The highest BCUT2D eigenvalue weighted by atomic mass is 15.2. The van der Waals surface area contributed by atoms with Gasteiger partial charge >= 0.3 is 0 Å². The molecule has 1 unspecified atom stereocenters. The smallest absolute Gasteiger partial charge is 0.0221 e. The van der Waals surface area contributed by atoms with Crippen LogP contribution in [0.2, 0.25) is 0 Å². The van der Waals surface area contributed by atoms with Crippen molar-refractivity contribution in [1.82, 2.24) is 4.90 Å². The fourth-order valence-electron chi connectivity index (χ4n) is 2.59. The van der Waals surface area contributed by atoms with Gasteiger partial charge in [0.25, 0.3) is 0 Å². The number of rotatable bonds is 4. The molecule has 2 N–H and O–H groups in total. The van der Waals surface area contributed by atoms with Crippen LogP contribution < -0.4 is 5.73 Å². The summed E-state index contributed by atoms with van der Waals surface area (Å²) in [5, 5.41) is 0. The van der Waals surface area contributed by atoms with E-state index in [0.717, 1.165) is 12.5 Å². The molecule has 0 amide bonds. The zero-order chi connectivity index (χ0) is 9.80. The SMILES string of the molecule is NCC(CC1CC1)N1CCCCCC1. The van der Waals surface area contributed by atoms with E-state index in [1.54, 1.807) is 0 Å². The first-order valence-electron chi connectivity index (χ1n) is 6.34. The van der Waals surface area contributed by atoms with Crippen molar-refractivity contribution in [2.45, 2.75) is 51.0 Å². The van der Waals surface area contributed by atoms with Crippen LogP contribution in [0.25, 0.3) is 0 Å². The molecule has 1 saturated heterocycles. The van der Waals surface area contributed by atoms with Gasteiger partial charge in [-0.2, -0.15) is 0 Å². The third-order valence-corrected chi connectivity index (χ3v) is 3.73.